The van der Waals surface area contributed by atoms with E-state index in [0.29, 0.717) is 0 Å². The van der Waals surface area contributed by atoms with Crippen LogP contribution in [0.25, 0.3) is 11.0 Å². The molecule has 2 aromatic rings. The third kappa shape index (κ3) is 2.03. The van der Waals surface area contributed by atoms with Gasteiger partial charge < -0.3 is 4.90 Å². The topological polar surface area (TPSA) is 41.9 Å². The molecule has 94 valence electrons. The molecule has 0 saturated carbocycles. The van der Waals surface area contributed by atoms with Crippen molar-refractivity contribution in [1.82, 2.24) is 15.0 Å². The first-order valence-electron chi connectivity index (χ1n) is 6.17. The van der Waals surface area contributed by atoms with Gasteiger partial charge in [0.2, 0.25) is 0 Å². The number of aryl methyl sites for hydroxylation is 2. The highest BCUT2D eigenvalue weighted by Crippen LogP contribution is 2.27. The number of thioether (sulfide) groups is 1. The monoisotopic (exact) mass is 260 g/mol. The molecule has 0 radical (unpaired) electrons. The molecule has 1 saturated heterocycles. The third-order valence-electron chi connectivity index (χ3n) is 3.22. The van der Waals surface area contributed by atoms with Gasteiger partial charge in [0, 0.05) is 30.3 Å². The standard InChI is InChI=1S/C13H16N4S/c1-9-7-10(2)16-12-11(9)13(15-8-14-12)17-3-5-18-6-4-17/h7-8H,3-6H2,1-2H3. The molecule has 4 nitrogen and oxygen atoms in total. The number of nitrogens with zero attached hydrogens (tertiary/aromatic N) is 4. The number of pyridine rings is 1. The fourth-order valence-electron chi connectivity index (χ4n) is 2.40. The summed E-state index contributed by atoms with van der Waals surface area (Å²) in [5.74, 6) is 3.39. The van der Waals surface area contributed by atoms with Gasteiger partial charge in [0.15, 0.2) is 5.65 Å². The predicted molar refractivity (Wildman–Crippen MR) is 76.3 cm³/mol. The van der Waals surface area contributed by atoms with E-state index in [1.807, 2.05) is 18.7 Å². The zero-order chi connectivity index (χ0) is 12.5. The minimum atomic E-state index is 0.815. The minimum Gasteiger partial charge on any atom is -0.354 e. The van der Waals surface area contributed by atoms with E-state index in [2.05, 4.69) is 32.8 Å². The first kappa shape index (κ1) is 11.7. The first-order valence-corrected chi connectivity index (χ1v) is 7.33. The molecule has 0 spiro atoms. The van der Waals surface area contributed by atoms with Crippen molar-refractivity contribution in [2.45, 2.75) is 13.8 Å². The summed E-state index contributed by atoms with van der Waals surface area (Å²) in [6, 6.07) is 2.11. The summed E-state index contributed by atoms with van der Waals surface area (Å²) in [5.41, 5.74) is 3.04. The molecule has 0 aliphatic carbocycles. The normalized spacial score (nSPS) is 16.2. The number of aromatic nitrogens is 3. The van der Waals surface area contributed by atoms with Crippen LogP contribution in [-0.2, 0) is 0 Å². The molecule has 1 aliphatic rings. The van der Waals surface area contributed by atoms with Crippen LogP contribution in [0.4, 0.5) is 5.82 Å². The Morgan fingerprint density at radius 3 is 2.72 bits per heavy atom. The number of rotatable bonds is 1. The molecule has 0 N–H and O–H groups in total. The SMILES string of the molecule is Cc1cc(C)c2c(N3CCSCC3)ncnc2n1. The van der Waals surface area contributed by atoms with Gasteiger partial charge in [0.05, 0.1) is 5.39 Å². The lowest BCUT2D eigenvalue weighted by Gasteiger charge is -2.28. The smallest absolute Gasteiger partial charge is 0.165 e. The van der Waals surface area contributed by atoms with Gasteiger partial charge in [-0.25, -0.2) is 15.0 Å². The molecule has 18 heavy (non-hydrogen) atoms. The van der Waals surface area contributed by atoms with Gasteiger partial charge in [-0.1, -0.05) is 0 Å². The van der Waals surface area contributed by atoms with E-state index < -0.39 is 0 Å². The Hall–Kier alpha value is -1.36. The van der Waals surface area contributed by atoms with Crippen molar-refractivity contribution in [1.29, 1.82) is 0 Å². The molecule has 1 fully saturated rings. The van der Waals surface area contributed by atoms with Crippen molar-refractivity contribution in [3.63, 3.8) is 0 Å². The van der Waals surface area contributed by atoms with Crippen molar-refractivity contribution in [3.8, 4) is 0 Å². The van der Waals surface area contributed by atoms with Gasteiger partial charge in [-0.05, 0) is 25.5 Å². The van der Waals surface area contributed by atoms with Crippen LogP contribution < -0.4 is 4.90 Å². The fraction of sp³-hybridized carbons (Fsp3) is 0.462. The van der Waals surface area contributed by atoms with Crippen LogP contribution in [0.2, 0.25) is 0 Å². The maximum atomic E-state index is 4.51. The summed E-state index contributed by atoms with van der Waals surface area (Å²) in [6.45, 7) is 6.24. The lowest BCUT2D eigenvalue weighted by atomic mass is 10.1. The zero-order valence-electron chi connectivity index (χ0n) is 10.7. The van der Waals surface area contributed by atoms with E-state index in [4.69, 9.17) is 0 Å². The van der Waals surface area contributed by atoms with Gasteiger partial charge in [-0.2, -0.15) is 11.8 Å². The maximum Gasteiger partial charge on any atom is 0.165 e. The van der Waals surface area contributed by atoms with Crippen LogP contribution in [0, 0.1) is 13.8 Å². The second-order valence-electron chi connectivity index (χ2n) is 4.58. The number of hydrogen-bond acceptors (Lipinski definition) is 5. The van der Waals surface area contributed by atoms with Gasteiger partial charge in [0.25, 0.3) is 0 Å². The summed E-state index contributed by atoms with van der Waals surface area (Å²) in [4.78, 5) is 15.7. The molecule has 5 heteroatoms. The number of fused-ring (bicyclic) bond motifs is 1. The summed E-state index contributed by atoms with van der Waals surface area (Å²) in [6.07, 6.45) is 1.63. The molecule has 3 rings (SSSR count). The molecule has 0 atom stereocenters. The average molecular weight is 260 g/mol. The van der Waals surface area contributed by atoms with E-state index >= 15 is 0 Å². The van der Waals surface area contributed by atoms with Gasteiger partial charge in [0.1, 0.15) is 12.1 Å². The Morgan fingerprint density at radius 2 is 1.94 bits per heavy atom. The Labute approximate surface area is 111 Å². The van der Waals surface area contributed by atoms with E-state index in [1.54, 1.807) is 6.33 Å². The molecule has 0 amide bonds. The van der Waals surface area contributed by atoms with E-state index in [9.17, 15) is 0 Å². The Morgan fingerprint density at radius 1 is 1.17 bits per heavy atom. The van der Waals surface area contributed by atoms with Crippen molar-refractivity contribution in [3.05, 3.63) is 23.7 Å². The van der Waals surface area contributed by atoms with Crippen molar-refractivity contribution < 1.29 is 0 Å². The maximum absolute atomic E-state index is 4.51. The second-order valence-corrected chi connectivity index (χ2v) is 5.80. The Bertz CT molecular complexity index is 578. The van der Waals surface area contributed by atoms with Gasteiger partial charge >= 0.3 is 0 Å². The summed E-state index contributed by atoms with van der Waals surface area (Å²) < 4.78 is 0. The highest BCUT2D eigenvalue weighted by Gasteiger charge is 2.17. The Balaban J connectivity index is 2.16. The lowest BCUT2D eigenvalue weighted by Crippen LogP contribution is -2.33. The summed E-state index contributed by atoms with van der Waals surface area (Å²) >= 11 is 2.00. The molecule has 0 unspecified atom stereocenters. The molecule has 0 bridgehead atoms. The molecule has 1 aliphatic heterocycles. The van der Waals surface area contributed by atoms with E-state index in [0.717, 1.165) is 35.6 Å². The largest absolute Gasteiger partial charge is 0.354 e. The minimum absolute atomic E-state index is 0.815. The van der Waals surface area contributed by atoms with Crippen LogP contribution in [-0.4, -0.2) is 39.5 Å². The molecule has 2 aromatic heterocycles. The lowest BCUT2D eigenvalue weighted by molar-refractivity contribution is 0.840. The predicted octanol–water partition coefficient (Wildman–Crippen LogP) is 2.19. The first-order chi connectivity index (χ1) is 8.75. The highest BCUT2D eigenvalue weighted by molar-refractivity contribution is 7.99. The number of hydrogen-bond donors (Lipinski definition) is 0. The van der Waals surface area contributed by atoms with Crippen molar-refractivity contribution >= 4 is 28.6 Å². The van der Waals surface area contributed by atoms with Crippen LogP contribution in [0.3, 0.4) is 0 Å². The quantitative estimate of drug-likeness (QED) is 0.786. The van der Waals surface area contributed by atoms with E-state index in [-0.39, 0.29) is 0 Å². The van der Waals surface area contributed by atoms with Crippen molar-refractivity contribution in [2.75, 3.05) is 29.5 Å². The molecule has 3 heterocycles. The fourth-order valence-corrected chi connectivity index (χ4v) is 3.31. The summed E-state index contributed by atoms with van der Waals surface area (Å²) in [7, 11) is 0. The van der Waals surface area contributed by atoms with Gasteiger partial charge in [-0.15, -0.1) is 0 Å². The van der Waals surface area contributed by atoms with Crippen LogP contribution >= 0.6 is 11.8 Å². The summed E-state index contributed by atoms with van der Waals surface area (Å²) in [5, 5.41) is 1.11. The number of anilines is 1. The van der Waals surface area contributed by atoms with Crippen LogP contribution in [0.5, 0.6) is 0 Å². The van der Waals surface area contributed by atoms with Crippen LogP contribution in [0.1, 0.15) is 11.3 Å². The molecular weight excluding hydrogens is 244 g/mol. The molecular formula is C13H16N4S. The van der Waals surface area contributed by atoms with E-state index in [1.165, 1.54) is 17.1 Å². The van der Waals surface area contributed by atoms with Crippen molar-refractivity contribution in [2.24, 2.45) is 0 Å². The Kier molecular flexibility index (Phi) is 3.07. The zero-order valence-corrected chi connectivity index (χ0v) is 11.5. The highest BCUT2D eigenvalue weighted by atomic mass is 32.2. The van der Waals surface area contributed by atoms with Gasteiger partial charge in [-0.3, -0.25) is 0 Å². The third-order valence-corrected chi connectivity index (χ3v) is 4.16. The molecule has 0 aromatic carbocycles. The second kappa shape index (κ2) is 4.72. The average Bonchev–Trinajstić information content (AvgIpc) is 2.38. The van der Waals surface area contributed by atoms with Crippen LogP contribution in [0.15, 0.2) is 12.4 Å².